The molecule has 0 saturated heterocycles. The van der Waals surface area contributed by atoms with Gasteiger partial charge in [-0.1, -0.05) is 30.3 Å². The van der Waals surface area contributed by atoms with Gasteiger partial charge in [0.2, 0.25) is 5.91 Å². The third kappa shape index (κ3) is 2.62. The first-order valence-electron chi connectivity index (χ1n) is 7.66. The van der Waals surface area contributed by atoms with E-state index in [9.17, 15) is 18.0 Å². The SMILES string of the molecule is O=C1C[C@H](c2cccc(F)c2F)c2scc(-c3ccccc3F)c2N1. The van der Waals surface area contributed by atoms with Crippen molar-refractivity contribution < 1.29 is 18.0 Å². The number of fused-ring (bicyclic) bond motifs is 1. The van der Waals surface area contributed by atoms with Crippen LogP contribution in [0.5, 0.6) is 0 Å². The first-order valence-corrected chi connectivity index (χ1v) is 8.54. The zero-order valence-corrected chi connectivity index (χ0v) is 13.7. The van der Waals surface area contributed by atoms with Crippen LogP contribution in [0, 0.1) is 17.5 Å². The summed E-state index contributed by atoms with van der Waals surface area (Å²) in [6.07, 6.45) is 0.0185. The van der Waals surface area contributed by atoms with Crippen LogP contribution in [0.25, 0.3) is 11.1 Å². The van der Waals surface area contributed by atoms with Crippen molar-refractivity contribution in [1.29, 1.82) is 0 Å². The fourth-order valence-corrected chi connectivity index (χ4v) is 4.29. The Morgan fingerprint density at radius 1 is 0.960 bits per heavy atom. The second-order valence-electron chi connectivity index (χ2n) is 5.82. The zero-order valence-electron chi connectivity index (χ0n) is 12.9. The summed E-state index contributed by atoms with van der Waals surface area (Å²) in [7, 11) is 0. The highest BCUT2D eigenvalue weighted by Crippen LogP contribution is 2.47. The van der Waals surface area contributed by atoms with E-state index in [1.165, 1.54) is 29.5 Å². The van der Waals surface area contributed by atoms with Gasteiger partial charge in [0.05, 0.1) is 5.69 Å². The Bertz CT molecular complexity index is 983. The van der Waals surface area contributed by atoms with Crippen LogP contribution in [0.3, 0.4) is 0 Å². The number of halogens is 3. The molecule has 3 aromatic rings. The van der Waals surface area contributed by atoms with Gasteiger partial charge in [0.15, 0.2) is 11.6 Å². The molecule has 0 aliphatic carbocycles. The minimum Gasteiger partial charge on any atom is -0.325 e. The van der Waals surface area contributed by atoms with Gasteiger partial charge < -0.3 is 5.32 Å². The molecule has 6 heteroatoms. The maximum absolute atomic E-state index is 14.2. The smallest absolute Gasteiger partial charge is 0.225 e. The van der Waals surface area contributed by atoms with Crippen molar-refractivity contribution in [2.24, 2.45) is 0 Å². The highest BCUT2D eigenvalue weighted by atomic mass is 32.1. The summed E-state index contributed by atoms with van der Waals surface area (Å²) >= 11 is 1.30. The fraction of sp³-hybridized carbons (Fsp3) is 0.105. The molecule has 0 fully saturated rings. The monoisotopic (exact) mass is 359 g/mol. The fourth-order valence-electron chi connectivity index (χ4n) is 3.15. The zero-order chi connectivity index (χ0) is 17.6. The molecule has 1 N–H and O–H groups in total. The van der Waals surface area contributed by atoms with Crippen LogP contribution < -0.4 is 5.32 Å². The first-order chi connectivity index (χ1) is 12.1. The second kappa shape index (κ2) is 6.04. The summed E-state index contributed by atoms with van der Waals surface area (Å²) in [5.41, 5.74) is 1.52. The molecule has 1 aromatic heterocycles. The molecule has 4 rings (SSSR count). The van der Waals surface area contributed by atoms with Crippen LogP contribution in [0.15, 0.2) is 47.8 Å². The van der Waals surface area contributed by atoms with Crippen molar-refractivity contribution in [2.75, 3.05) is 5.32 Å². The van der Waals surface area contributed by atoms with E-state index < -0.39 is 23.4 Å². The van der Waals surface area contributed by atoms with Gasteiger partial charge >= 0.3 is 0 Å². The molecule has 0 radical (unpaired) electrons. The van der Waals surface area contributed by atoms with Crippen molar-refractivity contribution >= 4 is 22.9 Å². The third-order valence-electron chi connectivity index (χ3n) is 4.31. The Balaban J connectivity index is 1.88. The lowest BCUT2D eigenvalue weighted by molar-refractivity contribution is -0.116. The summed E-state index contributed by atoms with van der Waals surface area (Å²) in [6, 6.07) is 10.2. The molecule has 0 unspecified atom stereocenters. The number of nitrogens with one attached hydrogen (secondary N) is 1. The number of carbonyl (C=O) groups excluding carboxylic acids is 1. The normalized spacial score (nSPS) is 16.4. The van der Waals surface area contributed by atoms with E-state index in [0.717, 1.165) is 6.07 Å². The highest BCUT2D eigenvalue weighted by Gasteiger charge is 2.32. The predicted molar refractivity (Wildman–Crippen MR) is 91.2 cm³/mol. The first kappa shape index (κ1) is 15.9. The van der Waals surface area contributed by atoms with Gasteiger partial charge in [0.1, 0.15) is 5.82 Å². The van der Waals surface area contributed by atoms with Crippen molar-refractivity contribution in [3.63, 3.8) is 0 Å². The molecule has 0 saturated carbocycles. The predicted octanol–water partition coefficient (Wildman–Crippen LogP) is 5.31. The average molecular weight is 359 g/mol. The summed E-state index contributed by atoms with van der Waals surface area (Å²) in [4.78, 5) is 12.9. The van der Waals surface area contributed by atoms with E-state index in [-0.39, 0.29) is 17.9 Å². The molecular weight excluding hydrogens is 347 g/mol. The minimum atomic E-state index is -0.950. The Kier molecular flexibility index (Phi) is 3.84. The minimum absolute atomic E-state index is 0.0185. The Morgan fingerprint density at radius 2 is 1.72 bits per heavy atom. The second-order valence-corrected chi connectivity index (χ2v) is 6.73. The number of anilines is 1. The van der Waals surface area contributed by atoms with Gasteiger partial charge in [-0.3, -0.25) is 4.79 Å². The van der Waals surface area contributed by atoms with Crippen LogP contribution in [-0.2, 0) is 4.79 Å². The Labute approximate surface area is 145 Å². The average Bonchev–Trinajstić information content (AvgIpc) is 3.01. The van der Waals surface area contributed by atoms with Crippen molar-refractivity contribution in [3.05, 3.63) is 75.7 Å². The van der Waals surface area contributed by atoms with Gasteiger partial charge in [-0.25, -0.2) is 13.2 Å². The van der Waals surface area contributed by atoms with E-state index in [0.29, 0.717) is 21.7 Å². The molecule has 126 valence electrons. The number of thiophene rings is 1. The molecule has 1 aliphatic heterocycles. The number of benzene rings is 2. The lowest BCUT2D eigenvalue weighted by Crippen LogP contribution is -2.23. The maximum atomic E-state index is 14.2. The van der Waals surface area contributed by atoms with E-state index in [1.54, 1.807) is 23.6 Å². The lowest BCUT2D eigenvalue weighted by Gasteiger charge is -2.24. The number of hydrogen-bond acceptors (Lipinski definition) is 2. The van der Waals surface area contributed by atoms with E-state index in [1.807, 2.05) is 0 Å². The molecule has 2 nitrogen and oxygen atoms in total. The van der Waals surface area contributed by atoms with Gasteiger partial charge in [0.25, 0.3) is 0 Å². The van der Waals surface area contributed by atoms with Crippen molar-refractivity contribution in [1.82, 2.24) is 0 Å². The number of hydrogen-bond donors (Lipinski definition) is 1. The van der Waals surface area contributed by atoms with Crippen molar-refractivity contribution in [2.45, 2.75) is 12.3 Å². The largest absolute Gasteiger partial charge is 0.325 e. The molecule has 0 bridgehead atoms. The lowest BCUT2D eigenvalue weighted by atomic mass is 9.88. The number of amides is 1. The van der Waals surface area contributed by atoms with Crippen LogP contribution in [0.4, 0.5) is 18.9 Å². The van der Waals surface area contributed by atoms with Gasteiger partial charge in [-0.05, 0) is 17.7 Å². The molecule has 25 heavy (non-hydrogen) atoms. The Hall–Kier alpha value is -2.60. The van der Waals surface area contributed by atoms with Gasteiger partial charge in [-0.15, -0.1) is 11.3 Å². The summed E-state index contributed by atoms with van der Waals surface area (Å²) < 4.78 is 42.0. The summed E-state index contributed by atoms with van der Waals surface area (Å²) in [6.45, 7) is 0. The van der Waals surface area contributed by atoms with E-state index in [4.69, 9.17) is 0 Å². The van der Waals surface area contributed by atoms with E-state index >= 15 is 0 Å². The van der Waals surface area contributed by atoms with Crippen molar-refractivity contribution in [3.8, 4) is 11.1 Å². The van der Waals surface area contributed by atoms with Crippen LogP contribution in [0.1, 0.15) is 22.8 Å². The maximum Gasteiger partial charge on any atom is 0.225 e. The molecule has 1 atom stereocenters. The molecule has 1 amide bonds. The Morgan fingerprint density at radius 3 is 2.52 bits per heavy atom. The van der Waals surface area contributed by atoms with E-state index in [2.05, 4.69) is 5.32 Å². The van der Waals surface area contributed by atoms with Gasteiger partial charge in [-0.2, -0.15) is 0 Å². The summed E-state index contributed by atoms with van der Waals surface area (Å²) in [5, 5.41) is 4.49. The topological polar surface area (TPSA) is 29.1 Å². The van der Waals surface area contributed by atoms with Crippen LogP contribution in [0.2, 0.25) is 0 Å². The molecule has 0 spiro atoms. The van der Waals surface area contributed by atoms with Crippen LogP contribution >= 0.6 is 11.3 Å². The molecule has 2 aromatic carbocycles. The highest BCUT2D eigenvalue weighted by molar-refractivity contribution is 7.11. The van der Waals surface area contributed by atoms with Crippen LogP contribution in [-0.4, -0.2) is 5.91 Å². The number of rotatable bonds is 2. The summed E-state index contributed by atoms with van der Waals surface area (Å²) in [5.74, 6) is -3.21. The van der Waals surface area contributed by atoms with Gasteiger partial charge in [0, 0.05) is 33.7 Å². The quantitative estimate of drug-likeness (QED) is 0.660. The number of carbonyl (C=O) groups is 1. The molecule has 1 aliphatic rings. The molecule has 2 heterocycles. The molecular formula is C19H12F3NOS. The standard InChI is InChI=1S/C19H12F3NOS/c20-14-6-2-1-4-10(14)13-9-25-19-12(8-16(24)23-18(13)19)11-5-3-7-15(21)17(11)22/h1-7,9,12H,8H2,(H,23,24)/t12-/m1/s1. The third-order valence-corrected chi connectivity index (χ3v) is 5.41.